The topological polar surface area (TPSA) is 46.3 Å². The normalized spacial score (nSPS) is 30.2. The number of carbonyl (C=O) groups is 1. The van der Waals surface area contributed by atoms with E-state index in [1.54, 1.807) is 0 Å². The van der Waals surface area contributed by atoms with Crippen molar-refractivity contribution in [1.82, 2.24) is 0 Å². The molecule has 0 bridgehead atoms. The third-order valence-corrected chi connectivity index (χ3v) is 4.66. The molecule has 3 rings (SSSR count). The maximum atomic E-state index is 13.3. The van der Waals surface area contributed by atoms with Crippen LogP contribution in [0.15, 0.2) is 18.2 Å². The van der Waals surface area contributed by atoms with Crippen LogP contribution in [-0.4, -0.2) is 18.5 Å². The number of hydrogen-bond donors (Lipinski definition) is 1. The van der Waals surface area contributed by atoms with Crippen LogP contribution >= 0.6 is 0 Å². The van der Waals surface area contributed by atoms with Gasteiger partial charge in [0.25, 0.3) is 0 Å². The predicted molar refractivity (Wildman–Crippen MR) is 72.2 cm³/mol. The van der Waals surface area contributed by atoms with E-state index in [9.17, 15) is 13.6 Å². The van der Waals surface area contributed by atoms with Gasteiger partial charge in [-0.05, 0) is 44.2 Å². The molecule has 5 heteroatoms. The van der Waals surface area contributed by atoms with Crippen molar-refractivity contribution in [3.05, 3.63) is 29.8 Å². The average molecular weight is 280 g/mol. The highest BCUT2D eigenvalue weighted by atomic mass is 19.1. The van der Waals surface area contributed by atoms with Crippen LogP contribution in [0.25, 0.3) is 0 Å². The number of amides is 1. The van der Waals surface area contributed by atoms with Gasteiger partial charge in [0.2, 0.25) is 5.91 Å². The molecule has 1 aliphatic carbocycles. The maximum Gasteiger partial charge on any atom is 0.233 e. The Morgan fingerprint density at radius 1 is 1.10 bits per heavy atom. The first-order chi connectivity index (χ1) is 9.50. The molecule has 2 N–H and O–H groups in total. The molecule has 1 amide bonds. The Kier molecular flexibility index (Phi) is 3.24. The minimum Gasteiger partial charge on any atom is -0.328 e. The van der Waals surface area contributed by atoms with Crippen molar-refractivity contribution in [2.24, 2.45) is 11.1 Å². The summed E-state index contributed by atoms with van der Waals surface area (Å²) in [5.41, 5.74) is 5.85. The fourth-order valence-electron chi connectivity index (χ4n) is 3.42. The molecule has 1 aromatic rings. The third-order valence-electron chi connectivity index (χ3n) is 4.66. The summed E-state index contributed by atoms with van der Waals surface area (Å²) in [6, 6.07) is 3.43. The van der Waals surface area contributed by atoms with Gasteiger partial charge in [0.1, 0.15) is 11.6 Å². The molecule has 108 valence electrons. The highest BCUT2D eigenvalue weighted by Gasteiger charge is 2.48. The number of carbonyl (C=O) groups excluding carboxylic acids is 1. The Morgan fingerprint density at radius 2 is 1.70 bits per heavy atom. The van der Waals surface area contributed by atoms with Crippen LogP contribution < -0.4 is 10.6 Å². The largest absolute Gasteiger partial charge is 0.328 e. The number of halogens is 2. The van der Waals surface area contributed by atoms with Crippen LogP contribution in [0.3, 0.4) is 0 Å². The van der Waals surface area contributed by atoms with Gasteiger partial charge in [-0.1, -0.05) is 0 Å². The fraction of sp³-hybridized carbons (Fsp3) is 0.533. The zero-order valence-electron chi connectivity index (χ0n) is 11.2. The van der Waals surface area contributed by atoms with Gasteiger partial charge in [0, 0.05) is 24.3 Å². The number of nitrogens with two attached hydrogens (primary N) is 1. The van der Waals surface area contributed by atoms with Crippen LogP contribution in [0, 0.1) is 17.0 Å². The lowest BCUT2D eigenvalue weighted by Gasteiger charge is -2.34. The van der Waals surface area contributed by atoms with E-state index in [0.717, 1.165) is 38.2 Å². The van der Waals surface area contributed by atoms with E-state index in [4.69, 9.17) is 5.73 Å². The van der Waals surface area contributed by atoms with Crippen molar-refractivity contribution >= 4 is 11.6 Å². The van der Waals surface area contributed by atoms with Gasteiger partial charge >= 0.3 is 0 Å². The maximum absolute atomic E-state index is 13.3. The second-order valence-corrected chi connectivity index (χ2v) is 5.95. The standard InChI is InChI=1S/C15H18F2N2O/c16-10-7-11(17)9-13(8-10)19-6-5-15(14(19)20)3-1-12(18)2-4-15/h7-9,12H,1-6,18H2. The minimum atomic E-state index is -0.653. The van der Waals surface area contributed by atoms with E-state index in [1.165, 1.54) is 17.0 Å². The molecule has 2 fully saturated rings. The minimum absolute atomic E-state index is 0.00519. The first-order valence-electron chi connectivity index (χ1n) is 7.04. The number of anilines is 1. The smallest absolute Gasteiger partial charge is 0.233 e. The third kappa shape index (κ3) is 2.20. The molecule has 1 aromatic carbocycles. The van der Waals surface area contributed by atoms with Gasteiger partial charge in [-0.2, -0.15) is 0 Å². The van der Waals surface area contributed by atoms with Crippen LogP contribution in [-0.2, 0) is 4.79 Å². The molecule has 1 spiro atoms. The van der Waals surface area contributed by atoms with Crippen LogP contribution in [0.4, 0.5) is 14.5 Å². The molecular formula is C15H18F2N2O. The van der Waals surface area contributed by atoms with Crippen LogP contribution in [0.1, 0.15) is 32.1 Å². The molecule has 20 heavy (non-hydrogen) atoms. The molecule has 2 aliphatic rings. The first-order valence-corrected chi connectivity index (χ1v) is 7.04. The van der Waals surface area contributed by atoms with Crippen molar-refractivity contribution < 1.29 is 13.6 Å². The molecule has 0 radical (unpaired) electrons. The molecule has 1 saturated carbocycles. The number of rotatable bonds is 1. The molecule has 0 atom stereocenters. The van der Waals surface area contributed by atoms with E-state index in [1.807, 2.05) is 0 Å². The molecule has 1 saturated heterocycles. The summed E-state index contributed by atoms with van der Waals surface area (Å²) in [4.78, 5) is 14.2. The van der Waals surface area contributed by atoms with Crippen molar-refractivity contribution in [3.63, 3.8) is 0 Å². The van der Waals surface area contributed by atoms with Gasteiger partial charge in [-0.3, -0.25) is 4.79 Å². The van der Waals surface area contributed by atoms with Crippen molar-refractivity contribution in [1.29, 1.82) is 0 Å². The van der Waals surface area contributed by atoms with Gasteiger partial charge < -0.3 is 10.6 Å². The summed E-state index contributed by atoms with van der Waals surface area (Å²) >= 11 is 0. The summed E-state index contributed by atoms with van der Waals surface area (Å²) in [6.07, 6.45) is 3.99. The van der Waals surface area contributed by atoms with E-state index >= 15 is 0 Å². The Bertz CT molecular complexity index is 518. The van der Waals surface area contributed by atoms with Crippen molar-refractivity contribution in [2.45, 2.75) is 38.1 Å². The lowest BCUT2D eigenvalue weighted by molar-refractivity contribution is -0.127. The van der Waals surface area contributed by atoms with Gasteiger partial charge in [-0.25, -0.2) is 8.78 Å². The summed E-state index contributed by atoms with van der Waals surface area (Å²) in [7, 11) is 0. The lowest BCUT2D eigenvalue weighted by Crippen LogP contribution is -2.40. The number of benzene rings is 1. The van der Waals surface area contributed by atoms with Gasteiger partial charge in [0.15, 0.2) is 0 Å². The van der Waals surface area contributed by atoms with Crippen molar-refractivity contribution in [3.8, 4) is 0 Å². The first kappa shape index (κ1) is 13.5. The van der Waals surface area contributed by atoms with Gasteiger partial charge in [0.05, 0.1) is 5.41 Å². The summed E-state index contributed by atoms with van der Waals surface area (Å²) < 4.78 is 26.6. The lowest BCUT2D eigenvalue weighted by atomic mass is 9.71. The summed E-state index contributed by atoms with van der Waals surface area (Å²) in [6.45, 7) is 0.525. The Balaban J connectivity index is 1.85. The predicted octanol–water partition coefficient (Wildman–Crippen LogP) is 2.59. The highest BCUT2D eigenvalue weighted by molar-refractivity contribution is 5.99. The van der Waals surface area contributed by atoms with E-state index < -0.39 is 11.6 Å². The van der Waals surface area contributed by atoms with Crippen LogP contribution in [0.5, 0.6) is 0 Å². The Labute approximate surface area is 116 Å². The Morgan fingerprint density at radius 3 is 2.30 bits per heavy atom. The van der Waals surface area contributed by atoms with E-state index in [0.29, 0.717) is 12.2 Å². The fourth-order valence-corrected chi connectivity index (χ4v) is 3.42. The molecule has 0 unspecified atom stereocenters. The Hall–Kier alpha value is -1.49. The molecule has 0 aromatic heterocycles. The second-order valence-electron chi connectivity index (χ2n) is 5.95. The van der Waals surface area contributed by atoms with E-state index in [2.05, 4.69) is 0 Å². The molecule has 1 aliphatic heterocycles. The monoisotopic (exact) mass is 280 g/mol. The number of nitrogens with zero attached hydrogens (tertiary/aromatic N) is 1. The average Bonchev–Trinajstić information content (AvgIpc) is 2.70. The molecule has 3 nitrogen and oxygen atoms in total. The second kappa shape index (κ2) is 4.81. The number of hydrogen-bond acceptors (Lipinski definition) is 2. The van der Waals surface area contributed by atoms with Crippen LogP contribution in [0.2, 0.25) is 0 Å². The zero-order chi connectivity index (χ0) is 14.3. The summed E-state index contributed by atoms with van der Waals surface area (Å²) in [5, 5.41) is 0. The molecule has 1 heterocycles. The quantitative estimate of drug-likeness (QED) is 0.859. The summed E-state index contributed by atoms with van der Waals surface area (Å²) in [5.74, 6) is -1.31. The molecular weight excluding hydrogens is 262 g/mol. The van der Waals surface area contributed by atoms with Crippen molar-refractivity contribution in [2.75, 3.05) is 11.4 Å². The SMILES string of the molecule is NC1CCC2(CC1)CCN(c1cc(F)cc(F)c1)C2=O. The zero-order valence-corrected chi connectivity index (χ0v) is 11.2. The van der Waals surface area contributed by atoms with Gasteiger partial charge in [-0.15, -0.1) is 0 Å². The highest BCUT2D eigenvalue weighted by Crippen LogP contribution is 2.45. The van der Waals surface area contributed by atoms with E-state index in [-0.39, 0.29) is 17.4 Å².